The minimum absolute atomic E-state index is 0.406. The Morgan fingerprint density at radius 3 is 3.05 bits per heavy atom. The van der Waals surface area contributed by atoms with Gasteiger partial charge in [0.15, 0.2) is 5.65 Å². The van der Waals surface area contributed by atoms with Crippen molar-refractivity contribution < 1.29 is 0 Å². The molecule has 0 amide bonds. The Kier molecular flexibility index (Phi) is 3.41. The zero-order valence-corrected chi connectivity index (χ0v) is 11.8. The van der Waals surface area contributed by atoms with Crippen molar-refractivity contribution in [1.29, 1.82) is 0 Å². The van der Waals surface area contributed by atoms with Crippen molar-refractivity contribution in [3.8, 4) is 0 Å². The number of nitrogens with two attached hydrogens (primary N) is 1. The lowest BCUT2D eigenvalue weighted by Crippen LogP contribution is -2.45. The Morgan fingerprint density at radius 1 is 1.45 bits per heavy atom. The predicted molar refractivity (Wildman–Crippen MR) is 78.4 cm³/mol. The van der Waals surface area contributed by atoms with Crippen molar-refractivity contribution in [3.63, 3.8) is 0 Å². The number of hydrazine groups is 1. The number of piperidine rings is 1. The summed E-state index contributed by atoms with van der Waals surface area (Å²) in [6.07, 6.45) is 4.13. The highest BCUT2D eigenvalue weighted by atomic mass is 15.3. The molecular formula is C12H20N8. The van der Waals surface area contributed by atoms with Crippen LogP contribution >= 0.6 is 0 Å². The number of aromatic nitrogens is 4. The number of aromatic amines is 1. The number of anilines is 2. The van der Waals surface area contributed by atoms with Crippen molar-refractivity contribution >= 4 is 22.8 Å². The highest BCUT2D eigenvalue weighted by Crippen LogP contribution is 2.27. The van der Waals surface area contributed by atoms with Crippen LogP contribution in [0.25, 0.3) is 11.0 Å². The molecule has 0 radical (unpaired) electrons. The first-order valence-corrected chi connectivity index (χ1v) is 6.78. The average molecular weight is 276 g/mol. The second-order valence-corrected chi connectivity index (χ2v) is 5.35. The van der Waals surface area contributed by atoms with E-state index in [-0.39, 0.29) is 0 Å². The normalized spacial score (nSPS) is 19.8. The lowest BCUT2D eigenvalue weighted by molar-refractivity contribution is 0.257. The van der Waals surface area contributed by atoms with Gasteiger partial charge in [-0.3, -0.25) is 10.5 Å². The molecule has 1 saturated heterocycles. The fraction of sp³-hybridized carbons (Fsp3) is 0.583. The van der Waals surface area contributed by atoms with E-state index in [9.17, 15) is 0 Å². The molecule has 20 heavy (non-hydrogen) atoms. The standard InChI is InChI=1S/C12H20N8/c1-19(2)8-4-3-5-20(7-8)11-9-6-14-18-10(9)15-12(16-11)17-13/h6,8H,3-5,7,13H2,1-2H3,(H2,14,15,16,17,18). The second-order valence-electron chi connectivity index (χ2n) is 5.35. The molecule has 108 valence electrons. The molecule has 0 saturated carbocycles. The van der Waals surface area contributed by atoms with E-state index >= 15 is 0 Å². The molecule has 3 rings (SSSR count). The molecule has 1 aliphatic rings. The summed E-state index contributed by atoms with van der Waals surface area (Å²) in [4.78, 5) is 13.3. The summed E-state index contributed by atoms with van der Waals surface area (Å²) in [6.45, 7) is 1.94. The van der Waals surface area contributed by atoms with Crippen LogP contribution in [-0.2, 0) is 0 Å². The van der Waals surface area contributed by atoms with E-state index in [0.29, 0.717) is 17.6 Å². The number of rotatable bonds is 3. The van der Waals surface area contributed by atoms with Gasteiger partial charge in [0.25, 0.3) is 0 Å². The minimum atomic E-state index is 0.406. The second kappa shape index (κ2) is 5.22. The highest BCUT2D eigenvalue weighted by molar-refractivity contribution is 5.87. The molecule has 0 bridgehead atoms. The summed E-state index contributed by atoms with van der Waals surface area (Å²) in [5, 5.41) is 7.86. The van der Waals surface area contributed by atoms with Crippen molar-refractivity contribution in [2.75, 3.05) is 37.5 Å². The van der Waals surface area contributed by atoms with E-state index < -0.39 is 0 Å². The highest BCUT2D eigenvalue weighted by Gasteiger charge is 2.24. The molecule has 4 N–H and O–H groups in total. The Balaban J connectivity index is 1.98. The Labute approximate surface area is 117 Å². The lowest BCUT2D eigenvalue weighted by atomic mass is 10.0. The Bertz CT molecular complexity index is 592. The molecular weight excluding hydrogens is 256 g/mol. The third kappa shape index (κ3) is 2.27. The zero-order chi connectivity index (χ0) is 14.1. The first-order valence-electron chi connectivity index (χ1n) is 6.78. The maximum absolute atomic E-state index is 5.45. The maximum Gasteiger partial charge on any atom is 0.241 e. The summed E-state index contributed by atoms with van der Waals surface area (Å²) in [5.41, 5.74) is 3.22. The average Bonchev–Trinajstić information content (AvgIpc) is 2.94. The van der Waals surface area contributed by atoms with Crippen molar-refractivity contribution in [1.82, 2.24) is 25.1 Å². The third-order valence-corrected chi connectivity index (χ3v) is 3.85. The molecule has 1 atom stereocenters. The topological polar surface area (TPSA) is 99.0 Å². The van der Waals surface area contributed by atoms with Gasteiger partial charge in [-0.15, -0.1) is 0 Å². The van der Waals surface area contributed by atoms with E-state index in [1.54, 1.807) is 6.20 Å². The summed E-state index contributed by atoms with van der Waals surface area (Å²) >= 11 is 0. The maximum atomic E-state index is 5.45. The van der Waals surface area contributed by atoms with Gasteiger partial charge in [-0.2, -0.15) is 15.1 Å². The predicted octanol–water partition coefficient (Wildman–Crippen LogP) is 0.169. The van der Waals surface area contributed by atoms with Gasteiger partial charge in [-0.25, -0.2) is 5.84 Å². The largest absolute Gasteiger partial charge is 0.354 e. The van der Waals surface area contributed by atoms with Crippen LogP contribution in [0.2, 0.25) is 0 Å². The molecule has 8 heteroatoms. The molecule has 3 heterocycles. The fourth-order valence-corrected chi connectivity index (χ4v) is 2.69. The van der Waals surface area contributed by atoms with Gasteiger partial charge in [-0.1, -0.05) is 0 Å². The van der Waals surface area contributed by atoms with Crippen molar-refractivity contribution in [2.45, 2.75) is 18.9 Å². The molecule has 0 spiro atoms. The minimum Gasteiger partial charge on any atom is -0.354 e. The lowest BCUT2D eigenvalue weighted by Gasteiger charge is -2.37. The summed E-state index contributed by atoms with van der Waals surface area (Å²) < 4.78 is 0. The number of fused-ring (bicyclic) bond motifs is 1. The third-order valence-electron chi connectivity index (χ3n) is 3.85. The van der Waals surface area contributed by atoms with Gasteiger partial charge in [0.05, 0.1) is 11.6 Å². The zero-order valence-electron chi connectivity index (χ0n) is 11.8. The number of nitrogens with zero attached hydrogens (tertiary/aromatic N) is 5. The van der Waals surface area contributed by atoms with Gasteiger partial charge >= 0.3 is 0 Å². The van der Waals surface area contributed by atoms with Gasteiger partial charge in [0, 0.05) is 19.1 Å². The SMILES string of the molecule is CN(C)C1CCCN(c2nc(NN)nc3[nH]ncc23)C1. The number of likely N-dealkylation sites (N-methyl/N-ethyl adjacent to an activating group) is 1. The monoisotopic (exact) mass is 276 g/mol. The molecule has 1 fully saturated rings. The molecule has 2 aromatic heterocycles. The summed E-state index contributed by atoms with van der Waals surface area (Å²) in [6, 6.07) is 0.537. The molecule has 1 aliphatic heterocycles. The number of hydrogen-bond acceptors (Lipinski definition) is 7. The van der Waals surface area contributed by atoms with Crippen LogP contribution in [0.15, 0.2) is 6.20 Å². The molecule has 2 aromatic rings. The van der Waals surface area contributed by atoms with E-state index in [4.69, 9.17) is 5.84 Å². The first-order chi connectivity index (χ1) is 9.69. The van der Waals surface area contributed by atoms with Crippen LogP contribution in [-0.4, -0.2) is 58.3 Å². The number of hydrogen-bond donors (Lipinski definition) is 3. The van der Waals surface area contributed by atoms with Gasteiger partial charge < -0.3 is 9.80 Å². The van der Waals surface area contributed by atoms with Crippen LogP contribution < -0.4 is 16.2 Å². The smallest absolute Gasteiger partial charge is 0.241 e. The molecule has 0 aliphatic carbocycles. The van der Waals surface area contributed by atoms with Crippen LogP contribution in [0, 0.1) is 0 Å². The molecule has 8 nitrogen and oxygen atoms in total. The van der Waals surface area contributed by atoms with Gasteiger partial charge in [-0.05, 0) is 26.9 Å². The van der Waals surface area contributed by atoms with Crippen LogP contribution in [0.4, 0.5) is 11.8 Å². The van der Waals surface area contributed by atoms with Crippen LogP contribution in [0.1, 0.15) is 12.8 Å². The fourth-order valence-electron chi connectivity index (χ4n) is 2.69. The Hall–Kier alpha value is -1.93. The van der Waals surface area contributed by atoms with E-state index in [0.717, 1.165) is 30.7 Å². The number of nitrogen functional groups attached to an aromatic ring is 1. The molecule has 1 unspecified atom stereocenters. The Morgan fingerprint density at radius 2 is 2.30 bits per heavy atom. The van der Waals surface area contributed by atoms with Crippen molar-refractivity contribution in [2.24, 2.45) is 5.84 Å². The molecule has 0 aromatic carbocycles. The van der Waals surface area contributed by atoms with E-state index in [1.165, 1.54) is 6.42 Å². The van der Waals surface area contributed by atoms with Crippen LogP contribution in [0.5, 0.6) is 0 Å². The summed E-state index contributed by atoms with van der Waals surface area (Å²) in [5.74, 6) is 6.75. The van der Waals surface area contributed by atoms with Crippen molar-refractivity contribution in [3.05, 3.63) is 6.20 Å². The number of H-pyrrole nitrogens is 1. The van der Waals surface area contributed by atoms with E-state index in [2.05, 4.69) is 49.5 Å². The van der Waals surface area contributed by atoms with E-state index in [1.807, 2.05) is 0 Å². The van der Waals surface area contributed by atoms with Gasteiger partial charge in [0.1, 0.15) is 5.82 Å². The summed E-state index contributed by atoms with van der Waals surface area (Å²) in [7, 11) is 4.24. The quantitative estimate of drug-likeness (QED) is 0.543. The van der Waals surface area contributed by atoms with Gasteiger partial charge in [0.2, 0.25) is 5.95 Å². The first kappa shape index (κ1) is 13.1. The van der Waals surface area contributed by atoms with Crippen LogP contribution in [0.3, 0.4) is 0 Å². The number of nitrogens with one attached hydrogen (secondary N) is 2.